The molecule has 0 fully saturated rings. The molecule has 0 aromatic heterocycles. The average molecular weight is 441 g/mol. The monoisotopic (exact) mass is 440 g/mol. The van der Waals surface area contributed by atoms with Crippen molar-refractivity contribution in [3.63, 3.8) is 0 Å². The normalized spacial score (nSPS) is 11.0. The molecule has 0 radical (unpaired) electrons. The molecule has 3 aromatic carbocycles. The number of aryl methyl sites for hydroxylation is 1. The number of methoxy groups -OCH3 is 2. The van der Waals surface area contributed by atoms with Crippen molar-refractivity contribution in [2.24, 2.45) is 0 Å². The predicted octanol–water partition coefficient (Wildman–Crippen LogP) is 4.37. The van der Waals surface area contributed by atoms with Crippen LogP contribution >= 0.6 is 0 Å². The Morgan fingerprint density at radius 1 is 0.871 bits per heavy atom. The molecular weight excluding hydrogens is 416 g/mol. The molecule has 0 spiro atoms. The minimum Gasteiger partial charge on any atom is -0.497 e. The smallest absolute Gasteiger partial charge is 0.261 e. The van der Waals surface area contributed by atoms with E-state index in [1.165, 1.54) is 14.2 Å². The molecule has 0 aliphatic heterocycles. The van der Waals surface area contributed by atoms with Gasteiger partial charge in [0.15, 0.2) is 0 Å². The fourth-order valence-corrected chi connectivity index (χ4v) is 4.14. The fourth-order valence-electron chi connectivity index (χ4n) is 3.01. The third kappa shape index (κ3) is 4.97. The summed E-state index contributed by atoms with van der Waals surface area (Å²) in [4.78, 5) is 13.1. The number of hydrogen-bond donors (Lipinski definition) is 2. The van der Waals surface area contributed by atoms with Crippen molar-refractivity contribution in [1.29, 1.82) is 0 Å². The molecule has 2 N–H and O–H groups in total. The molecule has 0 atom stereocenters. The summed E-state index contributed by atoms with van der Waals surface area (Å²) in [6.07, 6.45) is 0. The standard InChI is InChI=1S/C23H24N2O5S/c1-15-8-11-18(12-9-15)31(27,28)25-20-7-5-6-19(16(20)2)23(26)24-21-14-17(29-3)10-13-22(21)30-4/h5-14,25H,1-4H3,(H,24,26). The summed E-state index contributed by atoms with van der Waals surface area (Å²) in [6, 6.07) is 16.5. The van der Waals surface area contributed by atoms with E-state index in [1.807, 2.05) is 6.92 Å². The van der Waals surface area contributed by atoms with E-state index in [-0.39, 0.29) is 4.90 Å². The summed E-state index contributed by atoms with van der Waals surface area (Å²) in [6.45, 7) is 3.57. The molecule has 3 rings (SSSR count). The van der Waals surface area contributed by atoms with Crippen molar-refractivity contribution in [1.82, 2.24) is 0 Å². The Kier molecular flexibility index (Phi) is 6.50. The van der Waals surface area contributed by atoms with Crippen LogP contribution in [0.4, 0.5) is 11.4 Å². The summed E-state index contributed by atoms with van der Waals surface area (Å²) < 4.78 is 38.6. The zero-order chi connectivity index (χ0) is 22.6. The van der Waals surface area contributed by atoms with Gasteiger partial charge >= 0.3 is 0 Å². The van der Waals surface area contributed by atoms with Gasteiger partial charge in [-0.05, 0) is 55.8 Å². The van der Waals surface area contributed by atoms with Crippen LogP contribution in [0.1, 0.15) is 21.5 Å². The second-order valence-electron chi connectivity index (χ2n) is 6.92. The van der Waals surface area contributed by atoms with Crippen LogP contribution < -0.4 is 19.5 Å². The third-order valence-corrected chi connectivity index (χ3v) is 6.19. The number of sulfonamides is 1. The first-order valence-corrected chi connectivity index (χ1v) is 11.0. The van der Waals surface area contributed by atoms with E-state index in [4.69, 9.17) is 9.47 Å². The molecule has 0 bridgehead atoms. The van der Waals surface area contributed by atoms with E-state index in [9.17, 15) is 13.2 Å². The van der Waals surface area contributed by atoms with Gasteiger partial charge < -0.3 is 14.8 Å². The molecule has 0 heterocycles. The molecule has 8 heteroatoms. The van der Waals surface area contributed by atoms with E-state index >= 15 is 0 Å². The number of ether oxygens (including phenoxy) is 2. The molecule has 0 unspecified atom stereocenters. The molecule has 31 heavy (non-hydrogen) atoms. The topological polar surface area (TPSA) is 93.7 Å². The Labute approximate surface area is 182 Å². The highest BCUT2D eigenvalue weighted by atomic mass is 32.2. The Morgan fingerprint density at radius 3 is 2.23 bits per heavy atom. The Morgan fingerprint density at radius 2 is 1.58 bits per heavy atom. The maximum Gasteiger partial charge on any atom is 0.261 e. The Hall–Kier alpha value is -3.52. The van der Waals surface area contributed by atoms with Gasteiger partial charge in [-0.15, -0.1) is 0 Å². The van der Waals surface area contributed by atoms with Crippen LogP contribution in [-0.2, 0) is 10.0 Å². The number of nitrogens with one attached hydrogen (secondary N) is 2. The number of carbonyl (C=O) groups excluding carboxylic acids is 1. The Balaban J connectivity index is 1.89. The minimum absolute atomic E-state index is 0.147. The molecule has 7 nitrogen and oxygen atoms in total. The first kappa shape index (κ1) is 22.2. The SMILES string of the molecule is COc1ccc(OC)c(NC(=O)c2cccc(NS(=O)(=O)c3ccc(C)cc3)c2C)c1. The number of amides is 1. The van der Waals surface area contributed by atoms with Gasteiger partial charge in [-0.3, -0.25) is 9.52 Å². The van der Waals surface area contributed by atoms with Crippen molar-refractivity contribution in [3.8, 4) is 11.5 Å². The highest BCUT2D eigenvalue weighted by molar-refractivity contribution is 7.92. The van der Waals surface area contributed by atoms with Gasteiger partial charge in [0.25, 0.3) is 15.9 Å². The minimum atomic E-state index is -3.79. The summed E-state index contributed by atoms with van der Waals surface area (Å²) >= 11 is 0. The average Bonchev–Trinajstić information content (AvgIpc) is 2.75. The van der Waals surface area contributed by atoms with E-state index < -0.39 is 15.9 Å². The largest absolute Gasteiger partial charge is 0.497 e. The summed E-state index contributed by atoms with van der Waals surface area (Å²) in [5.74, 6) is 0.635. The zero-order valence-electron chi connectivity index (χ0n) is 17.7. The lowest BCUT2D eigenvalue weighted by molar-refractivity contribution is 0.102. The number of carbonyl (C=O) groups is 1. The molecular formula is C23H24N2O5S. The highest BCUT2D eigenvalue weighted by Gasteiger charge is 2.19. The number of rotatable bonds is 7. The first-order chi connectivity index (χ1) is 14.7. The maximum atomic E-state index is 12.9. The van der Waals surface area contributed by atoms with E-state index in [1.54, 1.807) is 67.6 Å². The van der Waals surface area contributed by atoms with Gasteiger partial charge in [0.1, 0.15) is 11.5 Å². The van der Waals surface area contributed by atoms with Gasteiger partial charge in [0, 0.05) is 11.6 Å². The van der Waals surface area contributed by atoms with Crippen LogP contribution in [0.25, 0.3) is 0 Å². The van der Waals surface area contributed by atoms with Crippen molar-refractivity contribution < 1.29 is 22.7 Å². The predicted molar refractivity (Wildman–Crippen MR) is 121 cm³/mol. The van der Waals surface area contributed by atoms with Gasteiger partial charge in [0.2, 0.25) is 0 Å². The van der Waals surface area contributed by atoms with Crippen LogP contribution in [-0.4, -0.2) is 28.5 Å². The van der Waals surface area contributed by atoms with Gasteiger partial charge in [-0.2, -0.15) is 0 Å². The molecule has 0 aliphatic carbocycles. The third-order valence-electron chi connectivity index (χ3n) is 4.81. The van der Waals surface area contributed by atoms with Crippen LogP contribution in [0.2, 0.25) is 0 Å². The number of anilines is 2. The highest BCUT2D eigenvalue weighted by Crippen LogP contribution is 2.30. The lowest BCUT2D eigenvalue weighted by Gasteiger charge is -2.15. The molecule has 0 aliphatic rings. The van der Waals surface area contributed by atoms with E-state index in [2.05, 4.69) is 10.0 Å². The summed E-state index contributed by atoms with van der Waals surface area (Å²) in [5.41, 5.74) is 2.55. The second kappa shape index (κ2) is 9.09. The van der Waals surface area contributed by atoms with E-state index in [0.717, 1.165) is 5.56 Å². The molecule has 0 saturated carbocycles. The van der Waals surface area contributed by atoms with Gasteiger partial charge in [-0.1, -0.05) is 23.8 Å². The molecule has 1 amide bonds. The van der Waals surface area contributed by atoms with Crippen LogP contribution in [0.5, 0.6) is 11.5 Å². The van der Waals surface area contributed by atoms with Crippen molar-refractivity contribution in [3.05, 3.63) is 77.4 Å². The summed E-state index contributed by atoms with van der Waals surface area (Å²) in [7, 11) is -0.760. The second-order valence-corrected chi connectivity index (χ2v) is 8.60. The zero-order valence-corrected chi connectivity index (χ0v) is 18.5. The lowest BCUT2D eigenvalue weighted by Crippen LogP contribution is -2.17. The quantitative estimate of drug-likeness (QED) is 0.569. The van der Waals surface area contributed by atoms with Gasteiger partial charge in [0.05, 0.1) is 30.5 Å². The molecule has 3 aromatic rings. The first-order valence-electron chi connectivity index (χ1n) is 9.47. The summed E-state index contributed by atoms with van der Waals surface area (Å²) in [5, 5.41) is 2.80. The fraction of sp³-hybridized carbons (Fsp3) is 0.174. The van der Waals surface area contributed by atoms with Crippen molar-refractivity contribution in [2.45, 2.75) is 18.7 Å². The Bertz CT molecular complexity index is 1210. The van der Waals surface area contributed by atoms with Crippen molar-refractivity contribution >= 4 is 27.3 Å². The molecule has 162 valence electrons. The number of benzene rings is 3. The van der Waals surface area contributed by atoms with Crippen LogP contribution in [0.3, 0.4) is 0 Å². The molecule has 0 saturated heterocycles. The number of hydrogen-bond acceptors (Lipinski definition) is 5. The lowest BCUT2D eigenvalue weighted by atomic mass is 10.1. The van der Waals surface area contributed by atoms with Crippen molar-refractivity contribution in [2.75, 3.05) is 24.3 Å². The van der Waals surface area contributed by atoms with Crippen LogP contribution in [0.15, 0.2) is 65.6 Å². The van der Waals surface area contributed by atoms with Gasteiger partial charge in [-0.25, -0.2) is 8.42 Å². The maximum absolute atomic E-state index is 12.9. The van der Waals surface area contributed by atoms with E-state index in [0.29, 0.717) is 34.0 Å². The van der Waals surface area contributed by atoms with Crippen LogP contribution in [0, 0.1) is 13.8 Å².